The van der Waals surface area contributed by atoms with E-state index < -0.39 is 0 Å². The van der Waals surface area contributed by atoms with Gasteiger partial charge in [0.15, 0.2) is 0 Å². The van der Waals surface area contributed by atoms with E-state index in [0.29, 0.717) is 29.4 Å². The van der Waals surface area contributed by atoms with Gasteiger partial charge in [0.25, 0.3) is 5.91 Å². The molecule has 2 aromatic heterocycles. The van der Waals surface area contributed by atoms with Crippen LogP contribution in [0.1, 0.15) is 10.4 Å². The molecule has 0 aliphatic heterocycles. The maximum atomic E-state index is 12.3. The normalized spacial score (nSPS) is 10.5. The van der Waals surface area contributed by atoms with E-state index in [1.54, 1.807) is 35.3 Å². The lowest BCUT2D eigenvalue weighted by molar-refractivity contribution is 0.0949. The van der Waals surface area contributed by atoms with Gasteiger partial charge in [0.05, 0.1) is 24.9 Å². The van der Waals surface area contributed by atoms with Gasteiger partial charge in [-0.1, -0.05) is 11.6 Å². The predicted octanol–water partition coefficient (Wildman–Crippen LogP) is 3.04. The van der Waals surface area contributed by atoms with Crippen LogP contribution in [0.5, 0.6) is 5.75 Å². The highest BCUT2D eigenvalue weighted by Crippen LogP contribution is 2.22. The Labute approximate surface area is 150 Å². The molecule has 0 unspecified atom stereocenters. The zero-order valence-corrected chi connectivity index (χ0v) is 14.4. The van der Waals surface area contributed by atoms with Gasteiger partial charge in [-0.05, 0) is 36.4 Å². The third kappa shape index (κ3) is 4.16. The molecule has 128 valence electrons. The zero-order valence-electron chi connectivity index (χ0n) is 13.6. The molecule has 2 heterocycles. The second kappa shape index (κ2) is 7.81. The lowest BCUT2D eigenvalue weighted by Crippen LogP contribution is -2.27. The highest BCUT2D eigenvalue weighted by atomic mass is 35.5. The summed E-state index contributed by atoms with van der Waals surface area (Å²) in [6.45, 7) is 0.992. The van der Waals surface area contributed by atoms with E-state index >= 15 is 0 Å². The van der Waals surface area contributed by atoms with Crippen molar-refractivity contribution >= 4 is 17.5 Å². The number of methoxy groups -OCH3 is 1. The number of ether oxygens (including phenoxy) is 1. The van der Waals surface area contributed by atoms with Crippen molar-refractivity contribution in [2.24, 2.45) is 0 Å². The minimum absolute atomic E-state index is 0.235. The van der Waals surface area contributed by atoms with Gasteiger partial charge in [-0.2, -0.15) is 5.10 Å². The van der Waals surface area contributed by atoms with E-state index in [4.69, 9.17) is 16.3 Å². The third-order valence-electron chi connectivity index (χ3n) is 3.65. The Bertz CT molecular complexity index is 865. The van der Waals surface area contributed by atoms with Gasteiger partial charge in [0.2, 0.25) is 0 Å². The molecule has 3 aromatic rings. The summed E-state index contributed by atoms with van der Waals surface area (Å²) in [7, 11) is 1.52. The minimum atomic E-state index is -0.235. The number of nitrogens with one attached hydrogen (secondary N) is 1. The number of carbonyl (C=O) groups excluding carboxylic acids is 1. The summed E-state index contributed by atoms with van der Waals surface area (Å²) in [5.74, 6) is 0.252. The fourth-order valence-corrected chi connectivity index (χ4v) is 2.57. The van der Waals surface area contributed by atoms with Gasteiger partial charge >= 0.3 is 0 Å². The first-order chi connectivity index (χ1) is 12.2. The first-order valence-corrected chi connectivity index (χ1v) is 8.11. The molecule has 0 fully saturated rings. The molecule has 3 rings (SSSR count). The van der Waals surface area contributed by atoms with E-state index in [9.17, 15) is 4.79 Å². The van der Waals surface area contributed by atoms with Crippen LogP contribution in [0, 0.1) is 0 Å². The van der Waals surface area contributed by atoms with Crippen LogP contribution in [0.25, 0.3) is 11.3 Å². The number of halogens is 1. The standard InChI is InChI=1S/C18H17ClN4O2/c1-25-17-3-2-14(19)12-15(17)18(24)21-9-11-23-10-6-16(22-23)13-4-7-20-8-5-13/h2-8,10,12H,9,11H2,1H3,(H,21,24). The Morgan fingerprint density at radius 3 is 2.80 bits per heavy atom. The number of aromatic nitrogens is 3. The Morgan fingerprint density at radius 1 is 1.24 bits per heavy atom. The van der Waals surface area contributed by atoms with Gasteiger partial charge < -0.3 is 10.1 Å². The summed E-state index contributed by atoms with van der Waals surface area (Å²) in [6.07, 6.45) is 5.34. The van der Waals surface area contributed by atoms with E-state index in [-0.39, 0.29) is 5.91 Å². The third-order valence-corrected chi connectivity index (χ3v) is 3.88. The van der Waals surface area contributed by atoms with Gasteiger partial charge in [-0.15, -0.1) is 0 Å². The largest absolute Gasteiger partial charge is 0.496 e. The van der Waals surface area contributed by atoms with E-state index in [1.807, 2.05) is 24.4 Å². The van der Waals surface area contributed by atoms with Crippen LogP contribution in [0.2, 0.25) is 5.02 Å². The van der Waals surface area contributed by atoms with Gasteiger partial charge in [0, 0.05) is 35.7 Å². The predicted molar refractivity (Wildman–Crippen MR) is 95.8 cm³/mol. The molecule has 6 nitrogen and oxygen atoms in total. The van der Waals surface area contributed by atoms with Crippen molar-refractivity contribution in [3.05, 3.63) is 65.6 Å². The Morgan fingerprint density at radius 2 is 2.04 bits per heavy atom. The van der Waals surface area contributed by atoms with E-state index in [0.717, 1.165) is 11.3 Å². The Hall–Kier alpha value is -2.86. The number of nitrogens with zero attached hydrogens (tertiary/aromatic N) is 3. The highest BCUT2D eigenvalue weighted by Gasteiger charge is 2.12. The van der Waals surface area contributed by atoms with Crippen molar-refractivity contribution < 1.29 is 9.53 Å². The molecule has 0 atom stereocenters. The van der Waals surface area contributed by atoms with Crippen LogP contribution in [-0.4, -0.2) is 34.3 Å². The number of hydrogen-bond acceptors (Lipinski definition) is 4. The summed E-state index contributed by atoms with van der Waals surface area (Å²) >= 11 is 5.95. The molecule has 1 N–H and O–H groups in total. The quantitative estimate of drug-likeness (QED) is 0.737. The van der Waals surface area contributed by atoms with E-state index in [1.165, 1.54) is 7.11 Å². The summed E-state index contributed by atoms with van der Waals surface area (Å²) < 4.78 is 6.98. The maximum absolute atomic E-state index is 12.3. The monoisotopic (exact) mass is 356 g/mol. The van der Waals surface area contributed by atoms with Crippen molar-refractivity contribution in [1.82, 2.24) is 20.1 Å². The molecule has 0 aliphatic carbocycles. The lowest BCUT2D eigenvalue weighted by Gasteiger charge is -2.09. The summed E-state index contributed by atoms with van der Waals surface area (Å²) in [4.78, 5) is 16.3. The number of benzene rings is 1. The fraction of sp³-hybridized carbons (Fsp3) is 0.167. The smallest absolute Gasteiger partial charge is 0.255 e. The molecular weight excluding hydrogens is 340 g/mol. The van der Waals surface area contributed by atoms with Crippen molar-refractivity contribution in [3.63, 3.8) is 0 Å². The van der Waals surface area contributed by atoms with Gasteiger partial charge in [0.1, 0.15) is 5.75 Å². The van der Waals surface area contributed by atoms with Crippen molar-refractivity contribution in [2.75, 3.05) is 13.7 Å². The molecule has 0 saturated heterocycles. The zero-order chi connectivity index (χ0) is 17.6. The molecular formula is C18H17ClN4O2. The van der Waals surface area contributed by atoms with Crippen LogP contribution in [0.3, 0.4) is 0 Å². The van der Waals surface area contributed by atoms with Crippen LogP contribution >= 0.6 is 11.6 Å². The summed E-state index contributed by atoms with van der Waals surface area (Å²) in [6, 6.07) is 10.7. The Kier molecular flexibility index (Phi) is 5.30. The number of amides is 1. The van der Waals surface area contributed by atoms with Crippen LogP contribution in [0.15, 0.2) is 55.0 Å². The molecule has 0 radical (unpaired) electrons. The maximum Gasteiger partial charge on any atom is 0.255 e. The van der Waals surface area contributed by atoms with Crippen LogP contribution < -0.4 is 10.1 Å². The fourth-order valence-electron chi connectivity index (χ4n) is 2.40. The molecule has 0 spiro atoms. The van der Waals surface area contributed by atoms with Crippen molar-refractivity contribution in [1.29, 1.82) is 0 Å². The molecule has 0 bridgehead atoms. The molecule has 1 aromatic carbocycles. The number of pyridine rings is 1. The number of rotatable bonds is 6. The van der Waals surface area contributed by atoms with Gasteiger partial charge in [-0.25, -0.2) is 0 Å². The first-order valence-electron chi connectivity index (χ1n) is 7.73. The van der Waals surface area contributed by atoms with Crippen molar-refractivity contribution in [3.8, 4) is 17.0 Å². The second-order valence-electron chi connectivity index (χ2n) is 5.30. The molecule has 7 heteroatoms. The molecule has 0 saturated carbocycles. The van der Waals surface area contributed by atoms with Crippen LogP contribution in [0.4, 0.5) is 0 Å². The Balaban J connectivity index is 1.59. The topological polar surface area (TPSA) is 69.0 Å². The molecule has 25 heavy (non-hydrogen) atoms. The number of carbonyl (C=O) groups is 1. The number of hydrogen-bond donors (Lipinski definition) is 1. The SMILES string of the molecule is COc1ccc(Cl)cc1C(=O)NCCn1ccc(-c2ccncc2)n1. The van der Waals surface area contributed by atoms with Crippen molar-refractivity contribution in [2.45, 2.75) is 6.54 Å². The average Bonchev–Trinajstić information content (AvgIpc) is 3.11. The van der Waals surface area contributed by atoms with Gasteiger partial charge in [-0.3, -0.25) is 14.5 Å². The lowest BCUT2D eigenvalue weighted by atomic mass is 10.2. The van der Waals surface area contributed by atoms with E-state index in [2.05, 4.69) is 15.4 Å². The molecule has 1 amide bonds. The highest BCUT2D eigenvalue weighted by molar-refractivity contribution is 6.31. The summed E-state index contributed by atoms with van der Waals surface area (Å²) in [5, 5.41) is 7.83. The minimum Gasteiger partial charge on any atom is -0.496 e. The second-order valence-corrected chi connectivity index (χ2v) is 5.74. The first kappa shape index (κ1) is 17.0. The summed E-state index contributed by atoms with van der Waals surface area (Å²) in [5.41, 5.74) is 2.28. The molecule has 0 aliphatic rings. The average molecular weight is 357 g/mol. The van der Waals surface area contributed by atoms with Crippen LogP contribution in [-0.2, 0) is 6.54 Å².